The largest absolute Gasteiger partial charge is 0.346 e. The van der Waals surface area contributed by atoms with Gasteiger partial charge in [0.05, 0.1) is 11.7 Å². The highest BCUT2D eigenvalue weighted by Gasteiger charge is 2.14. The van der Waals surface area contributed by atoms with Gasteiger partial charge in [-0.3, -0.25) is 0 Å². The molecule has 0 unspecified atom stereocenters. The normalized spacial score (nSPS) is 12.1. The number of benzene rings is 2. The molecule has 5 nitrogen and oxygen atoms in total. The third-order valence-electron chi connectivity index (χ3n) is 3.24. The van der Waals surface area contributed by atoms with Gasteiger partial charge in [-0.05, 0) is 47.2 Å². The topological polar surface area (TPSA) is 55.6 Å². The number of rotatable bonds is 4. The summed E-state index contributed by atoms with van der Waals surface area (Å²) in [6.07, 6.45) is 0. The molecule has 0 aliphatic rings. The van der Waals surface area contributed by atoms with Crippen LogP contribution in [0.15, 0.2) is 48.5 Å². The fraction of sp³-hybridized carbons (Fsp3) is 0.133. The van der Waals surface area contributed by atoms with Crippen LogP contribution in [0.5, 0.6) is 0 Å². The summed E-state index contributed by atoms with van der Waals surface area (Å²) in [5.41, 5.74) is 1.80. The molecule has 0 radical (unpaired) electrons. The van der Waals surface area contributed by atoms with Crippen molar-refractivity contribution in [2.24, 2.45) is 0 Å². The third-order valence-corrected chi connectivity index (χ3v) is 3.81. The lowest BCUT2D eigenvalue weighted by molar-refractivity contribution is 0.780. The van der Waals surface area contributed by atoms with Crippen LogP contribution in [0.3, 0.4) is 0 Å². The molecule has 22 heavy (non-hydrogen) atoms. The zero-order chi connectivity index (χ0) is 15.5. The van der Waals surface area contributed by atoms with Gasteiger partial charge in [-0.1, -0.05) is 52.6 Å². The molecule has 3 aromatic rings. The van der Waals surface area contributed by atoms with Crippen molar-refractivity contribution in [2.75, 3.05) is 5.32 Å². The van der Waals surface area contributed by atoms with Crippen molar-refractivity contribution in [3.05, 3.63) is 64.1 Å². The second kappa shape index (κ2) is 6.34. The van der Waals surface area contributed by atoms with E-state index >= 15 is 0 Å². The van der Waals surface area contributed by atoms with Gasteiger partial charge in [-0.15, -0.1) is 0 Å². The number of tetrazole rings is 1. The molecule has 1 heterocycles. The summed E-state index contributed by atoms with van der Waals surface area (Å²) in [6, 6.07) is 15.0. The molecule has 7 heteroatoms. The van der Waals surface area contributed by atoms with E-state index < -0.39 is 0 Å². The fourth-order valence-electron chi connectivity index (χ4n) is 2.14. The first-order chi connectivity index (χ1) is 10.6. The highest BCUT2D eigenvalue weighted by atomic mass is 35.5. The number of aromatic nitrogens is 4. The molecule has 0 saturated carbocycles. The van der Waals surface area contributed by atoms with Crippen molar-refractivity contribution < 1.29 is 0 Å². The Labute approximate surface area is 137 Å². The van der Waals surface area contributed by atoms with Gasteiger partial charge in [0.2, 0.25) is 5.95 Å². The Morgan fingerprint density at radius 3 is 2.59 bits per heavy atom. The molecular weight excluding hydrogens is 321 g/mol. The van der Waals surface area contributed by atoms with Crippen molar-refractivity contribution in [3.63, 3.8) is 0 Å². The summed E-state index contributed by atoms with van der Waals surface area (Å²) in [5.74, 6) is 0.546. The smallest absolute Gasteiger partial charge is 0.248 e. The number of halogens is 2. The van der Waals surface area contributed by atoms with Gasteiger partial charge in [0, 0.05) is 10.0 Å². The predicted octanol–water partition coefficient (Wildman–Crippen LogP) is 4.14. The maximum atomic E-state index is 6.24. The van der Waals surface area contributed by atoms with E-state index in [9.17, 15) is 0 Å². The molecule has 0 saturated heterocycles. The lowest BCUT2D eigenvalue weighted by Crippen LogP contribution is -2.12. The monoisotopic (exact) mass is 333 g/mol. The number of para-hydroxylation sites is 1. The number of anilines is 1. The van der Waals surface area contributed by atoms with Gasteiger partial charge in [0.1, 0.15) is 0 Å². The van der Waals surface area contributed by atoms with Crippen molar-refractivity contribution in [3.8, 4) is 5.69 Å². The Morgan fingerprint density at radius 2 is 1.86 bits per heavy atom. The summed E-state index contributed by atoms with van der Waals surface area (Å²) in [7, 11) is 0. The lowest BCUT2D eigenvalue weighted by atomic mass is 10.1. The van der Waals surface area contributed by atoms with E-state index in [0.717, 1.165) is 11.3 Å². The van der Waals surface area contributed by atoms with E-state index in [0.29, 0.717) is 16.0 Å². The van der Waals surface area contributed by atoms with Crippen LogP contribution in [0, 0.1) is 0 Å². The Balaban J connectivity index is 1.86. The highest BCUT2D eigenvalue weighted by Crippen LogP contribution is 2.28. The molecule has 3 rings (SSSR count). The van der Waals surface area contributed by atoms with Crippen LogP contribution >= 0.6 is 23.2 Å². The molecular formula is C15H13Cl2N5. The summed E-state index contributed by atoms with van der Waals surface area (Å²) >= 11 is 12.2. The molecule has 2 aromatic carbocycles. The van der Waals surface area contributed by atoms with Gasteiger partial charge >= 0.3 is 0 Å². The van der Waals surface area contributed by atoms with Crippen molar-refractivity contribution in [1.82, 2.24) is 20.2 Å². The van der Waals surface area contributed by atoms with Crippen molar-refractivity contribution in [2.45, 2.75) is 13.0 Å². The van der Waals surface area contributed by atoms with E-state index in [4.69, 9.17) is 23.2 Å². The van der Waals surface area contributed by atoms with Gasteiger partial charge in [-0.2, -0.15) is 4.68 Å². The minimum atomic E-state index is -0.0711. The summed E-state index contributed by atoms with van der Waals surface area (Å²) in [6.45, 7) is 1.99. The molecule has 112 valence electrons. The van der Waals surface area contributed by atoms with E-state index in [-0.39, 0.29) is 6.04 Å². The Bertz CT molecular complexity index is 773. The summed E-state index contributed by atoms with van der Waals surface area (Å²) in [4.78, 5) is 0. The average Bonchev–Trinajstić information content (AvgIpc) is 2.96. The van der Waals surface area contributed by atoms with Gasteiger partial charge in [0.15, 0.2) is 0 Å². The second-order valence-electron chi connectivity index (χ2n) is 4.78. The van der Waals surface area contributed by atoms with Crippen molar-refractivity contribution in [1.29, 1.82) is 0 Å². The van der Waals surface area contributed by atoms with E-state index in [1.54, 1.807) is 16.8 Å². The third kappa shape index (κ3) is 3.05. The number of hydrogen-bond acceptors (Lipinski definition) is 4. The first-order valence-electron chi connectivity index (χ1n) is 6.70. The quantitative estimate of drug-likeness (QED) is 0.779. The molecule has 0 spiro atoms. The Kier molecular flexibility index (Phi) is 4.27. The highest BCUT2D eigenvalue weighted by molar-refractivity contribution is 6.35. The van der Waals surface area contributed by atoms with Crippen LogP contribution in [0.1, 0.15) is 18.5 Å². The fourth-order valence-corrected chi connectivity index (χ4v) is 2.72. The van der Waals surface area contributed by atoms with Crippen molar-refractivity contribution >= 4 is 29.2 Å². The molecule has 1 N–H and O–H groups in total. The van der Waals surface area contributed by atoms with Gasteiger partial charge in [-0.25, -0.2) is 0 Å². The zero-order valence-corrected chi connectivity index (χ0v) is 13.3. The van der Waals surface area contributed by atoms with Crippen LogP contribution in [0.25, 0.3) is 5.69 Å². The summed E-state index contributed by atoms with van der Waals surface area (Å²) < 4.78 is 1.64. The minimum Gasteiger partial charge on any atom is -0.346 e. The Morgan fingerprint density at radius 1 is 1.09 bits per heavy atom. The number of hydrogen-bond donors (Lipinski definition) is 1. The van der Waals surface area contributed by atoms with E-state index in [1.807, 2.05) is 43.3 Å². The molecule has 0 aliphatic heterocycles. The second-order valence-corrected chi connectivity index (χ2v) is 5.63. The number of nitrogens with one attached hydrogen (secondary N) is 1. The maximum absolute atomic E-state index is 6.24. The molecule has 0 fully saturated rings. The summed E-state index contributed by atoms with van der Waals surface area (Å²) in [5, 5.41) is 16.2. The van der Waals surface area contributed by atoms with Crippen LogP contribution < -0.4 is 5.32 Å². The van der Waals surface area contributed by atoms with Crippen LogP contribution in [0.4, 0.5) is 5.95 Å². The molecule has 1 aromatic heterocycles. The van der Waals surface area contributed by atoms with Crippen LogP contribution in [-0.2, 0) is 0 Å². The SMILES string of the molecule is C[C@H](Nc1nnnn1-c1ccccc1)c1ccc(Cl)cc1Cl. The maximum Gasteiger partial charge on any atom is 0.248 e. The molecule has 0 amide bonds. The lowest BCUT2D eigenvalue weighted by Gasteiger charge is -2.16. The minimum absolute atomic E-state index is 0.0711. The van der Waals surface area contributed by atoms with E-state index in [1.165, 1.54) is 0 Å². The molecule has 1 atom stereocenters. The predicted molar refractivity (Wildman–Crippen MR) is 87.7 cm³/mol. The molecule has 0 aliphatic carbocycles. The van der Waals surface area contributed by atoms with Gasteiger partial charge in [0.25, 0.3) is 0 Å². The van der Waals surface area contributed by atoms with Gasteiger partial charge < -0.3 is 5.32 Å². The van der Waals surface area contributed by atoms with Crippen LogP contribution in [0.2, 0.25) is 10.0 Å². The first-order valence-corrected chi connectivity index (χ1v) is 7.46. The average molecular weight is 334 g/mol. The standard InChI is InChI=1S/C15H13Cl2N5/c1-10(13-8-7-11(16)9-14(13)17)18-15-19-20-21-22(15)12-5-3-2-4-6-12/h2-10H,1H3,(H,18,19,21)/t10-/m0/s1. The van der Waals surface area contributed by atoms with Crippen LogP contribution in [-0.4, -0.2) is 20.2 Å². The first kappa shape index (κ1) is 14.8. The molecule has 0 bridgehead atoms. The number of nitrogens with zero attached hydrogens (tertiary/aromatic N) is 4. The van der Waals surface area contributed by atoms with E-state index in [2.05, 4.69) is 20.8 Å². The zero-order valence-electron chi connectivity index (χ0n) is 11.7. The Hall–Kier alpha value is -2.11.